The van der Waals surface area contributed by atoms with Gasteiger partial charge in [-0.15, -0.1) is 0 Å². The smallest absolute Gasteiger partial charge is 0.278 e. The van der Waals surface area contributed by atoms with Crippen LogP contribution < -0.4 is 15.6 Å². The van der Waals surface area contributed by atoms with E-state index in [2.05, 4.69) is 22.2 Å². The maximum Gasteiger partial charge on any atom is 0.278 e. The van der Waals surface area contributed by atoms with E-state index in [4.69, 9.17) is 17.0 Å². The van der Waals surface area contributed by atoms with Gasteiger partial charge in [-0.1, -0.05) is 19.8 Å². The number of carbonyl (C=O) groups is 1. The van der Waals surface area contributed by atoms with Crippen LogP contribution in [-0.2, 0) is 11.3 Å². The highest BCUT2D eigenvalue weighted by Crippen LogP contribution is 2.26. The number of rotatable bonds is 7. The van der Waals surface area contributed by atoms with Gasteiger partial charge in [0.25, 0.3) is 5.56 Å². The van der Waals surface area contributed by atoms with Crippen molar-refractivity contribution in [3.63, 3.8) is 0 Å². The fourth-order valence-corrected chi connectivity index (χ4v) is 4.83. The van der Waals surface area contributed by atoms with Crippen LogP contribution in [-0.4, -0.2) is 33.6 Å². The zero-order valence-corrected chi connectivity index (χ0v) is 18.9. The number of fused-ring (bicyclic) bond motifs is 3. The average Bonchev–Trinajstić information content (AvgIpc) is 3.12. The Morgan fingerprint density at radius 1 is 1.23 bits per heavy atom. The molecule has 3 aromatic rings. The molecule has 0 aliphatic heterocycles. The number of nitrogens with one attached hydrogen (secondary N) is 3. The van der Waals surface area contributed by atoms with Crippen molar-refractivity contribution in [2.75, 3.05) is 7.11 Å². The fraction of sp³-hybridized carbons (Fsp3) is 0.522. The highest BCUT2D eigenvalue weighted by Gasteiger charge is 2.22. The van der Waals surface area contributed by atoms with Gasteiger partial charge in [0.1, 0.15) is 11.3 Å². The summed E-state index contributed by atoms with van der Waals surface area (Å²) in [6.45, 7) is 2.70. The Morgan fingerprint density at radius 3 is 2.81 bits per heavy atom. The number of hydrogen-bond donors (Lipinski definition) is 3. The first-order chi connectivity index (χ1) is 15.0. The summed E-state index contributed by atoms with van der Waals surface area (Å²) in [6.07, 6.45) is 6.63. The molecule has 1 amide bonds. The summed E-state index contributed by atoms with van der Waals surface area (Å²) in [6, 6.07) is 5.93. The van der Waals surface area contributed by atoms with Gasteiger partial charge in [-0.3, -0.25) is 14.2 Å². The number of unbranched alkanes of at least 4 members (excludes halogenated alkanes) is 1. The molecule has 2 atom stereocenters. The maximum absolute atomic E-state index is 13.0. The highest BCUT2D eigenvalue weighted by molar-refractivity contribution is 7.71. The van der Waals surface area contributed by atoms with E-state index < -0.39 is 0 Å². The number of hydrogen-bond acceptors (Lipinski definition) is 4. The Labute approximate surface area is 186 Å². The van der Waals surface area contributed by atoms with Crippen LogP contribution in [0.25, 0.3) is 21.9 Å². The number of aromatic amines is 2. The molecule has 1 aromatic carbocycles. The molecule has 166 valence electrons. The van der Waals surface area contributed by atoms with E-state index in [0.29, 0.717) is 47.2 Å². The lowest BCUT2D eigenvalue weighted by molar-refractivity contribution is -0.122. The van der Waals surface area contributed by atoms with Crippen molar-refractivity contribution < 1.29 is 9.53 Å². The molecule has 0 saturated heterocycles. The van der Waals surface area contributed by atoms with Crippen molar-refractivity contribution in [2.45, 2.75) is 64.5 Å². The lowest BCUT2D eigenvalue weighted by Gasteiger charge is -2.29. The zero-order valence-electron chi connectivity index (χ0n) is 18.1. The molecule has 0 bridgehead atoms. The zero-order chi connectivity index (χ0) is 22.0. The molecule has 31 heavy (non-hydrogen) atoms. The van der Waals surface area contributed by atoms with Crippen LogP contribution in [0, 0.1) is 10.7 Å². The van der Waals surface area contributed by atoms with E-state index in [-0.39, 0.29) is 11.5 Å². The Balaban J connectivity index is 1.41. The van der Waals surface area contributed by atoms with Gasteiger partial charge < -0.3 is 20.0 Å². The van der Waals surface area contributed by atoms with Crippen LogP contribution in [0.4, 0.5) is 0 Å². The largest absolute Gasteiger partial charge is 0.497 e. The predicted octanol–water partition coefficient (Wildman–Crippen LogP) is 4.41. The van der Waals surface area contributed by atoms with Crippen molar-refractivity contribution in [2.24, 2.45) is 5.92 Å². The molecule has 1 aliphatic carbocycles. The lowest BCUT2D eigenvalue weighted by Crippen LogP contribution is -2.40. The topological polar surface area (TPSA) is 91.9 Å². The first kappa shape index (κ1) is 21.6. The number of aromatic nitrogens is 3. The molecule has 1 fully saturated rings. The summed E-state index contributed by atoms with van der Waals surface area (Å²) in [7, 11) is 1.61. The first-order valence-electron chi connectivity index (χ1n) is 11.1. The third-order valence-electron chi connectivity index (χ3n) is 6.44. The van der Waals surface area contributed by atoms with Crippen molar-refractivity contribution >= 4 is 40.1 Å². The second-order valence-electron chi connectivity index (χ2n) is 8.57. The molecule has 0 spiro atoms. The molecule has 1 saturated carbocycles. The number of nitrogens with zero attached hydrogens (tertiary/aromatic N) is 1. The molecule has 0 radical (unpaired) electrons. The first-order valence-corrected chi connectivity index (χ1v) is 11.5. The van der Waals surface area contributed by atoms with Crippen LogP contribution in [0.1, 0.15) is 51.9 Å². The number of carbonyl (C=O) groups excluding carboxylic acids is 1. The summed E-state index contributed by atoms with van der Waals surface area (Å²) in [5, 5.41) is 4.06. The van der Waals surface area contributed by atoms with Gasteiger partial charge >= 0.3 is 0 Å². The SMILES string of the molecule is COc1ccc2[nH]c3c(=O)n(CCCCC(=O)N[C@@H]4CCCC[C@@H]4C)c(=S)[nH]c3c2c1. The molecule has 4 rings (SSSR count). The second-order valence-corrected chi connectivity index (χ2v) is 8.95. The van der Waals surface area contributed by atoms with Gasteiger partial charge in [-0.05, 0) is 62.0 Å². The molecule has 7 nitrogen and oxygen atoms in total. The van der Waals surface area contributed by atoms with Crippen LogP contribution >= 0.6 is 12.2 Å². The maximum atomic E-state index is 13.0. The summed E-state index contributed by atoms with van der Waals surface area (Å²) in [4.78, 5) is 31.7. The molecular weight excluding hydrogens is 412 g/mol. The normalized spacial score (nSPS) is 19.0. The molecule has 2 heterocycles. The van der Waals surface area contributed by atoms with E-state index in [1.165, 1.54) is 19.3 Å². The Hall–Kier alpha value is -2.61. The van der Waals surface area contributed by atoms with E-state index in [0.717, 1.165) is 29.5 Å². The van der Waals surface area contributed by atoms with Gasteiger partial charge in [-0.2, -0.15) is 0 Å². The average molecular weight is 443 g/mol. The minimum atomic E-state index is -0.144. The lowest BCUT2D eigenvalue weighted by atomic mass is 9.86. The summed E-state index contributed by atoms with van der Waals surface area (Å²) >= 11 is 5.46. The third-order valence-corrected chi connectivity index (χ3v) is 6.76. The molecule has 2 aromatic heterocycles. The predicted molar refractivity (Wildman–Crippen MR) is 125 cm³/mol. The van der Waals surface area contributed by atoms with Crippen LogP contribution in [0.2, 0.25) is 0 Å². The van der Waals surface area contributed by atoms with E-state index in [1.807, 2.05) is 18.2 Å². The summed E-state index contributed by atoms with van der Waals surface area (Å²) in [5.41, 5.74) is 1.90. The van der Waals surface area contributed by atoms with Crippen molar-refractivity contribution in [3.8, 4) is 5.75 Å². The fourth-order valence-electron chi connectivity index (χ4n) is 4.56. The molecule has 0 unspecified atom stereocenters. The van der Waals surface area contributed by atoms with Crippen LogP contribution in [0.15, 0.2) is 23.0 Å². The van der Waals surface area contributed by atoms with Crippen LogP contribution in [0.3, 0.4) is 0 Å². The van der Waals surface area contributed by atoms with Gasteiger partial charge in [0.2, 0.25) is 5.91 Å². The Morgan fingerprint density at radius 2 is 2.03 bits per heavy atom. The van der Waals surface area contributed by atoms with E-state index in [1.54, 1.807) is 11.7 Å². The standard InChI is InChI=1S/C23H30N4O3S/c1-14-7-3-4-8-17(14)24-19(28)9-5-6-12-27-22(29)21-20(26-23(27)31)16-13-15(30-2)10-11-18(16)25-21/h10-11,13-14,17,25H,3-9,12H2,1-2H3,(H,24,28)(H,26,31)/t14-,17+/m0/s1. The quantitative estimate of drug-likeness (QED) is 0.373. The Bertz CT molecular complexity index is 1210. The highest BCUT2D eigenvalue weighted by atomic mass is 32.1. The second kappa shape index (κ2) is 9.26. The number of benzene rings is 1. The van der Waals surface area contributed by atoms with Gasteiger partial charge in [0.05, 0.1) is 12.6 Å². The number of H-pyrrole nitrogens is 2. The molecule has 3 N–H and O–H groups in total. The van der Waals surface area contributed by atoms with Crippen molar-refractivity contribution in [1.82, 2.24) is 19.9 Å². The summed E-state index contributed by atoms with van der Waals surface area (Å²) in [5.74, 6) is 1.38. The number of ether oxygens (including phenoxy) is 1. The van der Waals surface area contributed by atoms with E-state index >= 15 is 0 Å². The van der Waals surface area contributed by atoms with Crippen molar-refractivity contribution in [3.05, 3.63) is 33.3 Å². The van der Waals surface area contributed by atoms with Crippen LogP contribution in [0.5, 0.6) is 5.75 Å². The summed E-state index contributed by atoms with van der Waals surface area (Å²) < 4.78 is 7.26. The monoisotopic (exact) mass is 442 g/mol. The molecule has 1 aliphatic rings. The van der Waals surface area contributed by atoms with Crippen molar-refractivity contribution in [1.29, 1.82) is 0 Å². The number of methoxy groups -OCH3 is 1. The molecular formula is C23H30N4O3S. The van der Waals surface area contributed by atoms with Gasteiger partial charge in [0, 0.05) is 29.9 Å². The Kier molecular flexibility index (Phi) is 6.46. The third kappa shape index (κ3) is 4.54. The number of amides is 1. The van der Waals surface area contributed by atoms with E-state index in [9.17, 15) is 9.59 Å². The van der Waals surface area contributed by atoms with Gasteiger partial charge in [-0.25, -0.2) is 0 Å². The minimum Gasteiger partial charge on any atom is -0.497 e. The van der Waals surface area contributed by atoms with Gasteiger partial charge in [0.15, 0.2) is 4.77 Å². The minimum absolute atomic E-state index is 0.108. The molecule has 8 heteroatoms.